The zero-order chi connectivity index (χ0) is 16.4. The van der Waals surface area contributed by atoms with Gasteiger partial charge >= 0.3 is 0 Å². The number of aromatic nitrogens is 2. The highest BCUT2D eigenvalue weighted by Crippen LogP contribution is 2.40. The van der Waals surface area contributed by atoms with E-state index in [9.17, 15) is 16.8 Å². The smallest absolute Gasteiger partial charge is 0.242 e. The Kier molecular flexibility index (Phi) is 5.09. The zero-order valence-electron chi connectivity index (χ0n) is 10.8. The Labute approximate surface area is 135 Å². The molecule has 0 bridgehead atoms. The molecule has 0 unspecified atom stereocenters. The summed E-state index contributed by atoms with van der Waals surface area (Å²) in [7, 11) is -5.98. The summed E-state index contributed by atoms with van der Waals surface area (Å²) < 4.78 is 45.8. The number of nitrogens with zero attached hydrogens (tertiary/aromatic N) is 2. The monoisotopic (exact) mass is 378 g/mol. The van der Waals surface area contributed by atoms with Gasteiger partial charge in [0.1, 0.15) is 0 Å². The molecule has 12 heteroatoms. The molecule has 0 saturated heterocycles. The van der Waals surface area contributed by atoms with E-state index in [2.05, 4.69) is 9.97 Å². The molecule has 118 valence electrons. The molecule has 0 aliphatic rings. The molecule has 0 fully saturated rings. The van der Waals surface area contributed by atoms with Crippen molar-refractivity contribution in [1.29, 1.82) is 0 Å². The minimum Gasteiger partial charge on any atom is -0.242 e. The van der Waals surface area contributed by atoms with Gasteiger partial charge in [0.25, 0.3) is 20.0 Å². The first-order valence-corrected chi connectivity index (χ1v) is 10.7. The van der Waals surface area contributed by atoms with Gasteiger partial charge in [0, 0.05) is 12.4 Å². The van der Waals surface area contributed by atoms with Crippen LogP contribution in [0.2, 0.25) is 0 Å². The fourth-order valence-electron chi connectivity index (χ4n) is 1.40. The largest absolute Gasteiger partial charge is 0.256 e. The second-order valence-corrected chi connectivity index (χ2v) is 9.04. The maximum absolute atomic E-state index is 11.5. The van der Waals surface area contributed by atoms with Crippen molar-refractivity contribution in [3.8, 4) is 0 Å². The van der Waals surface area contributed by atoms with Gasteiger partial charge in [-0.2, -0.15) is 0 Å². The van der Waals surface area contributed by atoms with Crippen LogP contribution >= 0.6 is 21.6 Å². The molecule has 2 heterocycles. The van der Waals surface area contributed by atoms with E-state index in [0.717, 1.165) is 21.6 Å². The lowest BCUT2D eigenvalue weighted by atomic mass is 10.5. The highest BCUT2D eigenvalue weighted by molar-refractivity contribution is 8.76. The minimum absolute atomic E-state index is 0.277. The van der Waals surface area contributed by atoms with Crippen molar-refractivity contribution in [2.45, 2.75) is 19.8 Å². The lowest BCUT2D eigenvalue weighted by molar-refractivity contribution is 0.589. The van der Waals surface area contributed by atoms with Crippen LogP contribution in [0.25, 0.3) is 0 Å². The Morgan fingerprint density at radius 2 is 1.14 bits per heavy atom. The van der Waals surface area contributed by atoms with Crippen molar-refractivity contribution in [1.82, 2.24) is 9.97 Å². The van der Waals surface area contributed by atoms with E-state index in [-0.39, 0.29) is 19.8 Å². The molecule has 4 N–H and O–H groups in total. The summed E-state index contributed by atoms with van der Waals surface area (Å²) in [5, 5.41) is 9.60. The average Bonchev–Trinajstić information content (AvgIpc) is 2.44. The Balaban J connectivity index is 2.34. The molecule has 0 atom stereocenters. The molecule has 0 aromatic carbocycles. The molecule has 0 spiro atoms. The Bertz CT molecular complexity index is 823. The maximum atomic E-state index is 11.5. The van der Waals surface area contributed by atoms with E-state index < -0.39 is 20.0 Å². The summed E-state index contributed by atoms with van der Waals surface area (Å²) in [5.74, 6) is 0. The molecule has 8 nitrogen and oxygen atoms in total. The van der Waals surface area contributed by atoms with Crippen molar-refractivity contribution in [3.05, 3.63) is 36.7 Å². The van der Waals surface area contributed by atoms with Crippen LogP contribution < -0.4 is 10.3 Å². The van der Waals surface area contributed by atoms with Crippen molar-refractivity contribution < 1.29 is 16.8 Å². The fraction of sp³-hybridized carbons (Fsp3) is 0. The van der Waals surface area contributed by atoms with E-state index in [0.29, 0.717) is 0 Å². The van der Waals surface area contributed by atoms with Gasteiger partial charge < -0.3 is 0 Å². The number of hydrogen-bond acceptors (Lipinski definition) is 8. The maximum Gasteiger partial charge on any atom is 0.256 e. The molecule has 2 aromatic rings. The van der Waals surface area contributed by atoms with Crippen molar-refractivity contribution >= 4 is 41.6 Å². The predicted octanol–water partition coefficient (Wildman–Crippen LogP) is 0.571. The normalized spacial score (nSPS) is 12.3. The van der Waals surface area contributed by atoms with Crippen molar-refractivity contribution in [2.24, 2.45) is 10.3 Å². The summed E-state index contributed by atoms with van der Waals surface area (Å²) in [4.78, 5) is 8.01. The number of rotatable bonds is 5. The van der Waals surface area contributed by atoms with Gasteiger partial charge in [-0.25, -0.2) is 37.1 Å². The van der Waals surface area contributed by atoms with Crippen LogP contribution in [0.3, 0.4) is 0 Å². The SMILES string of the molecule is NS(=O)(=O)c1ncccc1SSc1cccnc1S(N)(=O)=O. The minimum atomic E-state index is -3.98. The van der Waals surface area contributed by atoms with Gasteiger partial charge in [0.15, 0.2) is 10.1 Å². The standard InChI is InChI=1S/C10H10N4O4S4/c11-21(15,16)9-7(3-1-5-13-9)19-20-8-4-2-6-14-10(8)22(12,17)18/h1-6H,(H2,11,15,16)(H2,12,17,18). The van der Waals surface area contributed by atoms with E-state index in [1.807, 2.05) is 0 Å². The molecule has 2 aromatic heterocycles. The fourth-order valence-corrected chi connectivity index (χ4v) is 5.81. The second kappa shape index (κ2) is 6.52. The number of primary sulfonamides is 2. The molecule has 0 radical (unpaired) electrons. The Morgan fingerprint density at radius 3 is 1.45 bits per heavy atom. The molecule has 0 amide bonds. The van der Waals surface area contributed by atoms with Crippen LogP contribution in [0, 0.1) is 0 Å². The van der Waals surface area contributed by atoms with E-state index in [4.69, 9.17) is 10.3 Å². The van der Waals surface area contributed by atoms with E-state index in [1.165, 1.54) is 24.5 Å². The predicted molar refractivity (Wildman–Crippen MR) is 82.9 cm³/mol. The van der Waals surface area contributed by atoms with Crippen molar-refractivity contribution in [2.75, 3.05) is 0 Å². The van der Waals surface area contributed by atoms with Crippen LogP contribution in [-0.4, -0.2) is 26.8 Å². The van der Waals surface area contributed by atoms with Gasteiger partial charge in [-0.3, -0.25) is 0 Å². The third-order valence-electron chi connectivity index (χ3n) is 2.23. The van der Waals surface area contributed by atoms with E-state index >= 15 is 0 Å². The lowest BCUT2D eigenvalue weighted by Gasteiger charge is -2.07. The first-order valence-electron chi connectivity index (χ1n) is 5.50. The molecular formula is C10H10N4O4S4. The molecule has 0 aliphatic heterocycles. The zero-order valence-corrected chi connectivity index (χ0v) is 14.0. The molecule has 0 saturated carbocycles. The summed E-state index contributed by atoms with van der Waals surface area (Å²) in [6.45, 7) is 0. The topological polar surface area (TPSA) is 146 Å². The first-order chi connectivity index (χ1) is 10.2. The molecule has 22 heavy (non-hydrogen) atoms. The number of hydrogen-bond donors (Lipinski definition) is 2. The third kappa shape index (κ3) is 4.18. The third-order valence-corrected chi connectivity index (χ3v) is 6.65. The van der Waals surface area contributed by atoms with Gasteiger partial charge in [-0.05, 0) is 45.9 Å². The Hall–Kier alpha value is -1.18. The van der Waals surface area contributed by atoms with Crippen molar-refractivity contribution in [3.63, 3.8) is 0 Å². The van der Waals surface area contributed by atoms with Crippen LogP contribution in [-0.2, 0) is 20.0 Å². The summed E-state index contributed by atoms with van der Waals surface area (Å²) >= 11 is 0. The summed E-state index contributed by atoms with van der Waals surface area (Å²) in [6, 6.07) is 6.11. The quantitative estimate of drug-likeness (QED) is 0.718. The molecule has 2 rings (SSSR count). The second-order valence-electron chi connectivity index (χ2n) is 3.87. The summed E-state index contributed by atoms with van der Waals surface area (Å²) in [6.07, 6.45) is 2.60. The van der Waals surface area contributed by atoms with E-state index in [1.54, 1.807) is 12.1 Å². The van der Waals surface area contributed by atoms with Gasteiger partial charge in [0.2, 0.25) is 0 Å². The van der Waals surface area contributed by atoms with Gasteiger partial charge in [0.05, 0.1) is 9.79 Å². The molecular weight excluding hydrogens is 368 g/mol. The summed E-state index contributed by atoms with van der Waals surface area (Å²) in [5.41, 5.74) is 0. The van der Waals surface area contributed by atoms with Crippen LogP contribution in [0.5, 0.6) is 0 Å². The van der Waals surface area contributed by atoms with Gasteiger partial charge in [-0.15, -0.1) is 0 Å². The highest BCUT2D eigenvalue weighted by atomic mass is 33.1. The molecule has 0 aliphatic carbocycles. The average molecular weight is 378 g/mol. The number of pyridine rings is 2. The number of sulfonamides is 2. The number of nitrogens with two attached hydrogens (primary N) is 2. The van der Waals surface area contributed by atoms with Gasteiger partial charge in [-0.1, -0.05) is 0 Å². The highest BCUT2D eigenvalue weighted by Gasteiger charge is 2.19. The first kappa shape index (κ1) is 17.2. The Morgan fingerprint density at radius 1 is 0.773 bits per heavy atom. The van der Waals surface area contributed by atoms with Crippen LogP contribution in [0.1, 0.15) is 0 Å². The van der Waals surface area contributed by atoms with Crippen LogP contribution in [0.4, 0.5) is 0 Å². The lowest BCUT2D eigenvalue weighted by Crippen LogP contribution is -2.15. The van der Waals surface area contributed by atoms with Crippen LogP contribution in [0.15, 0.2) is 56.5 Å².